The van der Waals surface area contributed by atoms with E-state index in [1.54, 1.807) is 36.4 Å². The molecule has 0 aromatic heterocycles. The third-order valence-corrected chi connectivity index (χ3v) is 6.72. The van der Waals surface area contributed by atoms with E-state index in [1.165, 1.54) is 0 Å². The second kappa shape index (κ2) is 11.2. The lowest BCUT2D eigenvalue weighted by molar-refractivity contribution is -0.119. The van der Waals surface area contributed by atoms with Crippen molar-refractivity contribution in [2.75, 3.05) is 48.3 Å². The number of carbonyl (C=O) groups is 1. The van der Waals surface area contributed by atoms with E-state index in [0.717, 1.165) is 34.9 Å². The summed E-state index contributed by atoms with van der Waals surface area (Å²) in [5.74, 6) is 0.496. The molecule has 1 fully saturated rings. The first-order chi connectivity index (χ1) is 16.9. The maximum absolute atomic E-state index is 12.8. The Morgan fingerprint density at radius 1 is 0.971 bits per heavy atom. The van der Waals surface area contributed by atoms with Crippen LogP contribution in [0.5, 0.6) is 11.5 Å². The summed E-state index contributed by atoms with van der Waals surface area (Å²) in [4.78, 5) is 15.0. The standard InChI is InChI=1S/C26H29N3O5S/c1-35(31,32)29(24-9-5-6-10-25(24)34-23-7-3-2-4-8-23)20-26(30)27-19-21-11-13-22(14-12-21)28-15-17-33-18-16-28/h2-14H,15-20H2,1H3,(H,27,30). The van der Waals surface area contributed by atoms with Gasteiger partial charge in [-0.05, 0) is 42.0 Å². The molecule has 0 bridgehead atoms. The van der Waals surface area contributed by atoms with Gasteiger partial charge in [0.05, 0.1) is 25.2 Å². The number of hydrogen-bond acceptors (Lipinski definition) is 6. The molecule has 0 atom stereocenters. The van der Waals surface area contributed by atoms with E-state index in [4.69, 9.17) is 9.47 Å². The number of amides is 1. The summed E-state index contributed by atoms with van der Waals surface area (Å²) in [6.07, 6.45) is 1.07. The number of benzene rings is 3. The molecule has 184 valence electrons. The van der Waals surface area contributed by atoms with Crippen LogP contribution in [0.4, 0.5) is 11.4 Å². The smallest absolute Gasteiger partial charge is 0.241 e. The molecule has 9 heteroatoms. The largest absolute Gasteiger partial charge is 0.455 e. The van der Waals surface area contributed by atoms with E-state index in [9.17, 15) is 13.2 Å². The number of anilines is 2. The minimum absolute atomic E-state index is 0.294. The van der Waals surface area contributed by atoms with Gasteiger partial charge in [-0.3, -0.25) is 9.10 Å². The van der Waals surface area contributed by atoms with Gasteiger partial charge in [0.15, 0.2) is 5.75 Å². The third-order valence-electron chi connectivity index (χ3n) is 5.59. The summed E-state index contributed by atoms with van der Waals surface area (Å²) in [7, 11) is -3.75. The second-order valence-corrected chi connectivity index (χ2v) is 10.1. The van der Waals surface area contributed by atoms with Gasteiger partial charge in [0.25, 0.3) is 0 Å². The predicted molar refractivity (Wildman–Crippen MR) is 136 cm³/mol. The first-order valence-corrected chi connectivity index (χ1v) is 13.2. The van der Waals surface area contributed by atoms with E-state index in [-0.39, 0.29) is 6.54 Å². The van der Waals surface area contributed by atoms with Crippen molar-refractivity contribution in [2.24, 2.45) is 0 Å². The lowest BCUT2D eigenvalue weighted by Gasteiger charge is -2.29. The van der Waals surface area contributed by atoms with Crippen LogP contribution in [0.15, 0.2) is 78.9 Å². The first-order valence-electron chi connectivity index (χ1n) is 11.4. The molecule has 0 saturated carbocycles. The number of hydrogen-bond donors (Lipinski definition) is 1. The zero-order chi connectivity index (χ0) is 24.7. The fraction of sp³-hybridized carbons (Fsp3) is 0.269. The number of carbonyl (C=O) groups excluding carboxylic acids is 1. The average molecular weight is 496 g/mol. The zero-order valence-electron chi connectivity index (χ0n) is 19.6. The second-order valence-electron chi connectivity index (χ2n) is 8.20. The van der Waals surface area contributed by atoms with E-state index >= 15 is 0 Å². The molecule has 1 heterocycles. The van der Waals surface area contributed by atoms with Crippen molar-refractivity contribution in [2.45, 2.75) is 6.54 Å². The molecule has 1 aliphatic heterocycles. The monoisotopic (exact) mass is 495 g/mol. The Morgan fingerprint density at radius 3 is 2.31 bits per heavy atom. The SMILES string of the molecule is CS(=O)(=O)N(CC(=O)NCc1ccc(N2CCOCC2)cc1)c1ccccc1Oc1ccccc1. The molecule has 0 unspecified atom stereocenters. The van der Waals surface area contributed by atoms with E-state index in [2.05, 4.69) is 10.2 Å². The van der Waals surface area contributed by atoms with Gasteiger partial charge in [-0.2, -0.15) is 0 Å². The lowest BCUT2D eigenvalue weighted by Crippen LogP contribution is -2.40. The van der Waals surface area contributed by atoms with Crippen LogP contribution in [0.2, 0.25) is 0 Å². The van der Waals surface area contributed by atoms with Gasteiger partial charge in [0, 0.05) is 25.3 Å². The number of ether oxygens (including phenoxy) is 2. The highest BCUT2D eigenvalue weighted by Gasteiger charge is 2.24. The summed E-state index contributed by atoms with van der Waals surface area (Å²) in [5.41, 5.74) is 2.33. The molecule has 8 nitrogen and oxygen atoms in total. The fourth-order valence-electron chi connectivity index (χ4n) is 3.78. The number of nitrogens with one attached hydrogen (secondary N) is 1. The first kappa shape index (κ1) is 24.6. The highest BCUT2D eigenvalue weighted by Crippen LogP contribution is 2.33. The van der Waals surface area contributed by atoms with Gasteiger partial charge in [-0.15, -0.1) is 0 Å². The molecule has 0 spiro atoms. The van der Waals surface area contributed by atoms with E-state index < -0.39 is 15.9 Å². The van der Waals surface area contributed by atoms with E-state index in [0.29, 0.717) is 36.9 Å². The normalized spacial score (nSPS) is 13.8. The lowest BCUT2D eigenvalue weighted by atomic mass is 10.2. The third kappa shape index (κ3) is 6.74. The Hall–Kier alpha value is -3.56. The van der Waals surface area contributed by atoms with Gasteiger partial charge in [-0.25, -0.2) is 8.42 Å². The van der Waals surface area contributed by atoms with Crippen LogP contribution in [-0.2, 0) is 26.1 Å². The Kier molecular flexibility index (Phi) is 7.89. The number of sulfonamides is 1. The van der Waals surface area contributed by atoms with Gasteiger partial charge in [0.1, 0.15) is 12.3 Å². The molecule has 1 aliphatic rings. The predicted octanol–water partition coefficient (Wildman–Crippen LogP) is 3.40. The summed E-state index contributed by atoms with van der Waals surface area (Å²) in [6, 6.07) is 23.8. The molecular weight excluding hydrogens is 466 g/mol. The van der Waals surface area contributed by atoms with Crippen LogP contribution in [-0.4, -0.2) is 53.4 Å². The van der Waals surface area contributed by atoms with Crippen LogP contribution in [0.3, 0.4) is 0 Å². The maximum Gasteiger partial charge on any atom is 0.241 e. The fourth-order valence-corrected chi connectivity index (χ4v) is 4.64. The minimum Gasteiger partial charge on any atom is -0.455 e. The van der Waals surface area contributed by atoms with Gasteiger partial charge in [-0.1, -0.05) is 42.5 Å². The van der Waals surface area contributed by atoms with Crippen molar-refractivity contribution in [1.82, 2.24) is 5.32 Å². The van der Waals surface area contributed by atoms with Gasteiger partial charge in [0.2, 0.25) is 15.9 Å². The van der Waals surface area contributed by atoms with Gasteiger partial charge >= 0.3 is 0 Å². The van der Waals surface area contributed by atoms with Crippen molar-refractivity contribution in [3.05, 3.63) is 84.4 Å². The molecule has 3 aromatic carbocycles. The van der Waals surface area contributed by atoms with Crippen LogP contribution in [0, 0.1) is 0 Å². The summed E-state index contributed by atoms with van der Waals surface area (Å²) in [5, 5.41) is 2.82. The number of para-hydroxylation sites is 3. The molecule has 4 rings (SSSR count). The summed E-state index contributed by atoms with van der Waals surface area (Å²) in [6.45, 7) is 3.07. The zero-order valence-corrected chi connectivity index (χ0v) is 20.4. The summed E-state index contributed by atoms with van der Waals surface area (Å²) >= 11 is 0. The average Bonchev–Trinajstić information content (AvgIpc) is 2.87. The highest BCUT2D eigenvalue weighted by atomic mass is 32.2. The number of rotatable bonds is 9. The van der Waals surface area contributed by atoms with Crippen LogP contribution in [0.1, 0.15) is 5.56 Å². The molecule has 35 heavy (non-hydrogen) atoms. The van der Waals surface area contributed by atoms with Crippen molar-refractivity contribution < 1.29 is 22.7 Å². The molecular formula is C26H29N3O5S. The molecule has 0 aliphatic carbocycles. The quantitative estimate of drug-likeness (QED) is 0.490. The number of nitrogens with zero attached hydrogens (tertiary/aromatic N) is 2. The van der Waals surface area contributed by atoms with Crippen molar-refractivity contribution in [3.8, 4) is 11.5 Å². The molecule has 3 aromatic rings. The van der Waals surface area contributed by atoms with Crippen LogP contribution in [0.25, 0.3) is 0 Å². The Labute approximate surface area is 206 Å². The van der Waals surface area contributed by atoms with Crippen molar-refractivity contribution >= 4 is 27.3 Å². The van der Waals surface area contributed by atoms with Crippen molar-refractivity contribution in [1.29, 1.82) is 0 Å². The van der Waals surface area contributed by atoms with E-state index in [1.807, 2.05) is 42.5 Å². The Bertz CT molecular complexity index is 1230. The maximum atomic E-state index is 12.8. The summed E-state index contributed by atoms with van der Waals surface area (Å²) < 4.78 is 37.6. The Morgan fingerprint density at radius 2 is 1.63 bits per heavy atom. The molecule has 1 saturated heterocycles. The molecule has 1 N–H and O–H groups in total. The minimum atomic E-state index is -3.75. The Balaban J connectivity index is 1.42. The van der Waals surface area contributed by atoms with Gasteiger partial charge < -0.3 is 19.7 Å². The molecule has 1 amide bonds. The molecule has 0 radical (unpaired) electrons. The number of morpholine rings is 1. The highest BCUT2D eigenvalue weighted by molar-refractivity contribution is 7.92. The van der Waals surface area contributed by atoms with Crippen LogP contribution >= 0.6 is 0 Å². The topological polar surface area (TPSA) is 88.2 Å². The van der Waals surface area contributed by atoms with Crippen LogP contribution < -0.4 is 19.3 Å². The van der Waals surface area contributed by atoms with Crippen molar-refractivity contribution in [3.63, 3.8) is 0 Å².